The highest BCUT2D eigenvalue weighted by Crippen LogP contribution is 2.23. The van der Waals surface area contributed by atoms with Crippen molar-refractivity contribution in [3.8, 4) is 0 Å². The average Bonchev–Trinajstić information content (AvgIpc) is 2.60. The number of rotatable bonds is 7. The zero-order valence-corrected chi connectivity index (χ0v) is 14.4. The SMILES string of the molecule is CC(CC(=O)N(C)C(Cc1ccccc1)C(=O)O)c1ccccc1F. The lowest BCUT2D eigenvalue weighted by atomic mass is 9.96. The summed E-state index contributed by atoms with van der Waals surface area (Å²) in [6.07, 6.45) is 0.280. The van der Waals surface area contributed by atoms with Gasteiger partial charge < -0.3 is 10.0 Å². The Hall–Kier alpha value is -2.69. The predicted molar refractivity (Wildman–Crippen MR) is 93.8 cm³/mol. The molecule has 0 aliphatic carbocycles. The minimum absolute atomic E-state index is 0.0516. The summed E-state index contributed by atoms with van der Waals surface area (Å²) in [6, 6.07) is 14.5. The number of hydrogen-bond donors (Lipinski definition) is 1. The summed E-state index contributed by atoms with van der Waals surface area (Å²) in [6.45, 7) is 1.76. The first-order valence-electron chi connectivity index (χ1n) is 8.17. The third-order valence-electron chi connectivity index (χ3n) is 4.33. The van der Waals surface area contributed by atoms with Crippen molar-refractivity contribution in [2.45, 2.75) is 31.7 Å². The first-order valence-corrected chi connectivity index (χ1v) is 8.17. The molecule has 2 unspecified atom stereocenters. The molecule has 0 fully saturated rings. The standard InChI is InChI=1S/C20H22FNO3/c1-14(16-10-6-7-11-17(16)21)12-19(23)22(2)18(20(24)25)13-15-8-4-3-5-9-15/h3-11,14,18H,12-13H2,1-2H3,(H,24,25). The van der Waals surface area contributed by atoms with Crippen molar-refractivity contribution in [2.75, 3.05) is 7.05 Å². The van der Waals surface area contributed by atoms with E-state index >= 15 is 0 Å². The largest absolute Gasteiger partial charge is 0.480 e. The summed E-state index contributed by atoms with van der Waals surface area (Å²) in [5, 5.41) is 9.50. The molecule has 0 heterocycles. The van der Waals surface area contributed by atoms with Crippen LogP contribution in [0.2, 0.25) is 0 Å². The molecule has 4 nitrogen and oxygen atoms in total. The molecule has 0 saturated heterocycles. The van der Waals surface area contributed by atoms with Crippen molar-refractivity contribution in [1.29, 1.82) is 0 Å². The molecule has 2 aromatic carbocycles. The number of nitrogens with zero attached hydrogens (tertiary/aromatic N) is 1. The Bertz CT molecular complexity index is 733. The molecule has 132 valence electrons. The van der Waals surface area contributed by atoms with Crippen molar-refractivity contribution in [2.24, 2.45) is 0 Å². The van der Waals surface area contributed by atoms with Crippen LogP contribution in [0.5, 0.6) is 0 Å². The first kappa shape index (κ1) is 18.6. The van der Waals surface area contributed by atoms with Gasteiger partial charge in [-0.3, -0.25) is 4.79 Å². The molecule has 2 aromatic rings. The van der Waals surface area contributed by atoms with E-state index in [1.807, 2.05) is 30.3 Å². The highest BCUT2D eigenvalue weighted by Gasteiger charge is 2.28. The molecule has 0 radical (unpaired) electrons. The molecule has 1 N–H and O–H groups in total. The van der Waals surface area contributed by atoms with Crippen molar-refractivity contribution < 1.29 is 19.1 Å². The highest BCUT2D eigenvalue weighted by molar-refractivity contribution is 5.84. The molecule has 0 aliphatic heterocycles. The number of hydrogen-bond acceptors (Lipinski definition) is 2. The van der Waals surface area contributed by atoms with Gasteiger partial charge in [-0.1, -0.05) is 55.5 Å². The number of aliphatic carboxylic acids is 1. The summed E-state index contributed by atoms with van der Waals surface area (Å²) in [5.41, 5.74) is 1.30. The van der Waals surface area contributed by atoms with Gasteiger partial charge in [0.05, 0.1) is 0 Å². The Morgan fingerprint density at radius 3 is 2.28 bits per heavy atom. The number of halogens is 1. The predicted octanol–water partition coefficient (Wildman–Crippen LogP) is 3.47. The first-order chi connectivity index (χ1) is 11.9. The maximum Gasteiger partial charge on any atom is 0.326 e. The summed E-state index contributed by atoms with van der Waals surface area (Å²) >= 11 is 0. The topological polar surface area (TPSA) is 57.6 Å². The van der Waals surface area contributed by atoms with Crippen molar-refractivity contribution >= 4 is 11.9 Å². The molecule has 0 aromatic heterocycles. The van der Waals surface area contributed by atoms with Crippen LogP contribution in [0.1, 0.15) is 30.4 Å². The number of carbonyl (C=O) groups excluding carboxylic acids is 1. The Balaban J connectivity index is 2.08. The van der Waals surface area contributed by atoms with Crippen molar-refractivity contribution in [1.82, 2.24) is 4.90 Å². The van der Waals surface area contributed by atoms with E-state index in [0.717, 1.165) is 5.56 Å². The van der Waals surface area contributed by atoms with E-state index in [1.165, 1.54) is 18.0 Å². The number of carboxylic acids is 1. The van der Waals surface area contributed by atoms with Gasteiger partial charge in [-0.25, -0.2) is 9.18 Å². The highest BCUT2D eigenvalue weighted by atomic mass is 19.1. The molecule has 5 heteroatoms. The Morgan fingerprint density at radius 1 is 1.08 bits per heavy atom. The van der Waals surface area contributed by atoms with Gasteiger partial charge in [0.2, 0.25) is 5.91 Å². The summed E-state index contributed by atoms with van der Waals surface area (Å²) < 4.78 is 13.8. The lowest BCUT2D eigenvalue weighted by Crippen LogP contribution is -2.44. The third-order valence-corrected chi connectivity index (χ3v) is 4.33. The van der Waals surface area contributed by atoms with E-state index in [1.54, 1.807) is 25.1 Å². The fraction of sp³-hybridized carbons (Fsp3) is 0.300. The number of likely N-dealkylation sites (N-methyl/N-ethyl adjacent to an activating group) is 1. The van der Waals surface area contributed by atoms with E-state index in [4.69, 9.17) is 0 Å². The van der Waals surface area contributed by atoms with Crippen molar-refractivity contribution in [3.63, 3.8) is 0 Å². The normalized spacial score (nSPS) is 13.1. The molecule has 0 saturated carbocycles. The van der Waals surface area contributed by atoms with Gasteiger partial charge in [0.25, 0.3) is 0 Å². The molecular formula is C20H22FNO3. The maximum atomic E-state index is 13.8. The number of amides is 1. The minimum Gasteiger partial charge on any atom is -0.480 e. The molecule has 1 amide bonds. The summed E-state index contributed by atoms with van der Waals surface area (Å²) in [4.78, 5) is 25.4. The Kier molecular flexibility index (Phi) is 6.28. The second-order valence-electron chi connectivity index (χ2n) is 6.18. The van der Waals surface area contributed by atoms with Crippen LogP contribution in [0, 0.1) is 5.82 Å². The van der Waals surface area contributed by atoms with Crippen molar-refractivity contribution in [3.05, 3.63) is 71.5 Å². The number of carboxylic acid groups (broad SMARTS) is 1. The summed E-state index contributed by atoms with van der Waals surface area (Å²) in [7, 11) is 1.48. The monoisotopic (exact) mass is 343 g/mol. The van der Waals surface area contributed by atoms with Gasteiger partial charge in [-0.15, -0.1) is 0 Å². The minimum atomic E-state index is -1.06. The van der Waals surface area contributed by atoms with Crippen LogP contribution in [0.25, 0.3) is 0 Å². The molecule has 0 aliphatic rings. The molecule has 2 atom stereocenters. The molecular weight excluding hydrogens is 321 g/mol. The van der Waals surface area contributed by atoms with E-state index in [0.29, 0.717) is 5.56 Å². The third kappa shape index (κ3) is 4.89. The van der Waals surface area contributed by atoms with Gasteiger partial charge in [-0.2, -0.15) is 0 Å². The molecule has 2 rings (SSSR count). The lowest BCUT2D eigenvalue weighted by molar-refractivity contribution is -0.149. The average molecular weight is 343 g/mol. The zero-order valence-electron chi connectivity index (χ0n) is 14.4. The second kappa shape index (κ2) is 8.42. The van der Waals surface area contributed by atoms with E-state index < -0.39 is 12.0 Å². The molecule has 25 heavy (non-hydrogen) atoms. The van der Waals surface area contributed by atoms with Crippen LogP contribution in [0.3, 0.4) is 0 Å². The zero-order chi connectivity index (χ0) is 18.4. The van der Waals surface area contributed by atoms with E-state index in [-0.39, 0.29) is 30.5 Å². The molecule has 0 bridgehead atoms. The maximum absolute atomic E-state index is 13.8. The number of benzene rings is 2. The van der Waals surface area contributed by atoms with Crippen LogP contribution in [0.4, 0.5) is 4.39 Å². The second-order valence-corrected chi connectivity index (χ2v) is 6.18. The van der Waals surface area contributed by atoms with Crippen LogP contribution < -0.4 is 0 Å². The Morgan fingerprint density at radius 2 is 1.68 bits per heavy atom. The van der Waals surface area contributed by atoms with Gasteiger partial charge in [-0.05, 0) is 23.1 Å². The fourth-order valence-corrected chi connectivity index (χ4v) is 2.79. The van der Waals surface area contributed by atoms with Crippen LogP contribution in [0.15, 0.2) is 54.6 Å². The fourth-order valence-electron chi connectivity index (χ4n) is 2.79. The van der Waals surface area contributed by atoms with E-state index in [9.17, 15) is 19.1 Å². The van der Waals surface area contributed by atoms with Gasteiger partial charge in [0.1, 0.15) is 11.9 Å². The summed E-state index contributed by atoms with van der Waals surface area (Å²) in [5.74, 6) is -2.07. The smallest absolute Gasteiger partial charge is 0.326 e. The van der Waals surface area contributed by atoms with Crippen LogP contribution in [-0.4, -0.2) is 35.0 Å². The lowest BCUT2D eigenvalue weighted by Gasteiger charge is -2.26. The van der Waals surface area contributed by atoms with E-state index in [2.05, 4.69) is 0 Å². The number of carbonyl (C=O) groups is 2. The van der Waals surface area contributed by atoms with Crippen LogP contribution >= 0.6 is 0 Å². The van der Waals surface area contributed by atoms with Crippen LogP contribution in [-0.2, 0) is 16.0 Å². The van der Waals surface area contributed by atoms with Gasteiger partial charge >= 0.3 is 5.97 Å². The quantitative estimate of drug-likeness (QED) is 0.837. The molecule has 0 spiro atoms. The Labute approximate surface area is 146 Å². The van der Waals surface area contributed by atoms with Gasteiger partial charge in [0, 0.05) is 19.9 Å². The van der Waals surface area contributed by atoms with Gasteiger partial charge in [0.15, 0.2) is 0 Å².